The Morgan fingerprint density at radius 3 is 2.88 bits per heavy atom. The summed E-state index contributed by atoms with van der Waals surface area (Å²) in [6.45, 7) is 1.64. The van der Waals surface area contributed by atoms with Gasteiger partial charge < -0.3 is 10.1 Å². The van der Waals surface area contributed by atoms with Crippen LogP contribution in [0.15, 0.2) is 24.3 Å². The third kappa shape index (κ3) is 4.22. The quantitative estimate of drug-likeness (QED) is 0.835. The first kappa shape index (κ1) is 17.5. The molecule has 1 aliphatic rings. The van der Waals surface area contributed by atoms with Crippen molar-refractivity contribution in [2.45, 2.75) is 26.2 Å². The van der Waals surface area contributed by atoms with Crippen molar-refractivity contribution in [3.8, 4) is 0 Å². The summed E-state index contributed by atoms with van der Waals surface area (Å²) in [7, 11) is 0. The monoisotopic (exact) mass is 365 g/mol. The number of ether oxygens (including phenoxy) is 1. The van der Waals surface area contributed by atoms with Gasteiger partial charge >= 0.3 is 5.97 Å². The minimum absolute atomic E-state index is 0.164. The van der Waals surface area contributed by atoms with E-state index in [-0.39, 0.29) is 5.69 Å². The molecule has 25 heavy (non-hydrogen) atoms. The molecule has 1 N–H and O–H groups in total. The molecule has 2 aromatic rings. The first-order valence-corrected chi connectivity index (χ1v) is 8.77. The Morgan fingerprint density at radius 2 is 2.12 bits per heavy atom. The zero-order valence-electron chi connectivity index (χ0n) is 13.6. The number of halogens is 2. The van der Waals surface area contributed by atoms with Crippen LogP contribution in [0.5, 0.6) is 0 Å². The van der Waals surface area contributed by atoms with Gasteiger partial charge in [0.1, 0.15) is 16.5 Å². The highest BCUT2D eigenvalue weighted by Gasteiger charge is 2.22. The van der Waals surface area contributed by atoms with Crippen LogP contribution in [0.1, 0.15) is 33.5 Å². The fourth-order valence-electron chi connectivity index (χ4n) is 2.79. The molecule has 3 rings (SSSR count). The molecule has 1 heterocycles. The summed E-state index contributed by atoms with van der Waals surface area (Å²) in [5, 5.41) is 2.24. The van der Waals surface area contributed by atoms with E-state index in [1.165, 1.54) is 21.8 Å². The lowest BCUT2D eigenvalue weighted by atomic mass is 9.90. The molecule has 0 unspecified atom stereocenters. The van der Waals surface area contributed by atoms with Crippen LogP contribution < -0.4 is 5.32 Å². The van der Waals surface area contributed by atoms with Gasteiger partial charge in [-0.05, 0) is 48.9 Å². The normalized spacial score (nSPS) is 16.2. The third-order valence-corrected chi connectivity index (χ3v) is 5.29. The molecule has 0 saturated heterocycles. The average molecular weight is 365 g/mol. The summed E-state index contributed by atoms with van der Waals surface area (Å²) in [5.74, 6) is -2.28. The van der Waals surface area contributed by atoms with Crippen LogP contribution in [0.3, 0.4) is 0 Å². The van der Waals surface area contributed by atoms with Crippen molar-refractivity contribution in [1.82, 2.24) is 0 Å². The number of anilines is 1. The number of hydrogen-bond donors (Lipinski definition) is 1. The molecule has 1 amide bonds. The van der Waals surface area contributed by atoms with Gasteiger partial charge in [-0.15, -0.1) is 11.3 Å². The minimum atomic E-state index is -0.889. The van der Waals surface area contributed by atoms with Crippen LogP contribution in [0.25, 0.3) is 0 Å². The van der Waals surface area contributed by atoms with E-state index >= 15 is 0 Å². The third-order valence-electron chi connectivity index (χ3n) is 4.07. The number of fused-ring (bicyclic) bond motifs is 1. The van der Waals surface area contributed by atoms with Gasteiger partial charge in [-0.3, -0.25) is 4.79 Å². The maximum absolute atomic E-state index is 13.5. The summed E-state index contributed by atoms with van der Waals surface area (Å²) >= 11 is 1.40. The molecule has 0 bridgehead atoms. The molecule has 1 aromatic carbocycles. The highest BCUT2D eigenvalue weighted by molar-refractivity contribution is 7.14. The SMILES string of the molecule is C[C@H]1CCc2sc(C(=O)OCC(=O)Nc3ccc(F)cc3F)cc2C1. The molecule has 132 valence electrons. The number of rotatable bonds is 4. The van der Waals surface area contributed by atoms with Crippen molar-refractivity contribution < 1.29 is 23.1 Å². The minimum Gasteiger partial charge on any atom is -0.451 e. The van der Waals surface area contributed by atoms with Crippen molar-refractivity contribution in [1.29, 1.82) is 0 Å². The Hall–Kier alpha value is -2.28. The zero-order valence-corrected chi connectivity index (χ0v) is 14.4. The van der Waals surface area contributed by atoms with Gasteiger partial charge in [-0.25, -0.2) is 13.6 Å². The van der Waals surface area contributed by atoms with Gasteiger partial charge in [0.25, 0.3) is 5.91 Å². The number of benzene rings is 1. The second kappa shape index (κ2) is 7.31. The van der Waals surface area contributed by atoms with E-state index in [1.807, 2.05) is 6.07 Å². The maximum Gasteiger partial charge on any atom is 0.348 e. The molecule has 0 fully saturated rings. The molecule has 0 aliphatic heterocycles. The molecule has 7 heteroatoms. The molecule has 4 nitrogen and oxygen atoms in total. The van der Waals surface area contributed by atoms with Gasteiger partial charge in [0.15, 0.2) is 6.61 Å². The van der Waals surface area contributed by atoms with E-state index in [9.17, 15) is 18.4 Å². The zero-order chi connectivity index (χ0) is 18.0. The Bertz CT molecular complexity index is 819. The number of thiophene rings is 1. The van der Waals surface area contributed by atoms with Crippen molar-refractivity contribution in [3.63, 3.8) is 0 Å². The fourth-order valence-corrected chi connectivity index (χ4v) is 3.89. The summed E-state index contributed by atoms with van der Waals surface area (Å²) in [6.07, 6.45) is 3.01. The Balaban J connectivity index is 1.56. The lowest BCUT2D eigenvalue weighted by Gasteiger charge is -2.16. The van der Waals surface area contributed by atoms with E-state index in [1.54, 1.807) is 0 Å². The van der Waals surface area contributed by atoms with Gasteiger partial charge in [-0.2, -0.15) is 0 Å². The van der Waals surface area contributed by atoms with Gasteiger partial charge in [0, 0.05) is 10.9 Å². The van der Waals surface area contributed by atoms with E-state index in [0.717, 1.165) is 31.4 Å². The lowest BCUT2D eigenvalue weighted by Crippen LogP contribution is -2.21. The summed E-state index contributed by atoms with van der Waals surface area (Å²) in [4.78, 5) is 25.5. The second-order valence-electron chi connectivity index (χ2n) is 6.16. The first-order chi connectivity index (χ1) is 11.9. The molecule has 1 atom stereocenters. The van der Waals surface area contributed by atoms with E-state index in [4.69, 9.17) is 4.74 Å². The van der Waals surface area contributed by atoms with Gasteiger partial charge in [0.2, 0.25) is 0 Å². The number of nitrogens with one attached hydrogen (secondary N) is 1. The number of aryl methyl sites for hydroxylation is 1. The summed E-state index contributed by atoms with van der Waals surface area (Å²) in [5.41, 5.74) is 1.01. The number of carbonyl (C=O) groups excluding carboxylic acids is 2. The Labute approximate surface area is 147 Å². The van der Waals surface area contributed by atoms with Crippen LogP contribution in [-0.2, 0) is 22.4 Å². The van der Waals surface area contributed by atoms with Crippen LogP contribution >= 0.6 is 11.3 Å². The highest BCUT2D eigenvalue weighted by atomic mass is 32.1. The van der Waals surface area contributed by atoms with Crippen molar-refractivity contribution >= 4 is 28.9 Å². The molecular formula is C18H17F2NO3S. The van der Waals surface area contributed by atoms with Crippen LogP contribution in [-0.4, -0.2) is 18.5 Å². The summed E-state index contributed by atoms with van der Waals surface area (Å²) in [6, 6.07) is 4.63. The summed E-state index contributed by atoms with van der Waals surface area (Å²) < 4.78 is 31.3. The Kier molecular flexibility index (Phi) is 5.13. The lowest BCUT2D eigenvalue weighted by molar-refractivity contribution is -0.119. The maximum atomic E-state index is 13.5. The van der Waals surface area contributed by atoms with E-state index < -0.39 is 30.1 Å². The predicted octanol–water partition coefficient (Wildman–Crippen LogP) is 3.95. The topological polar surface area (TPSA) is 55.4 Å². The van der Waals surface area contributed by atoms with Crippen molar-refractivity contribution in [2.75, 3.05) is 11.9 Å². The largest absolute Gasteiger partial charge is 0.451 e. The molecule has 1 aromatic heterocycles. The molecule has 1 aliphatic carbocycles. The number of carbonyl (C=O) groups is 2. The van der Waals surface area contributed by atoms with Gasteiger partial charge in [-0.1, -0.05) is 6.92 Å². The van der Waals surface area contributed by atoms with Gasteiger partial charge in [0.05, 0.1) is 5.69 Å². The number of hydrogen-bond acceptors (Lipinski definition) is 4. The highest BCUT2D eigenvalue weighted by Crippen LogP contribution is 2.32. The molecule has 0 saturated carbocycles. The number of amides is 1. The molecular weight excluding hydrogens is 348 g/mol. The first-order valence-electron chi connectivity index (χ1n) is 7.96. The second-order valence-corrected chi connectivity index (χ2v) is 7.29. The number of esters is 1. The smallest absolute Gasteiger partial charge is 0.348 e. The predicted molar refractivity (Wildman–Crippen MR) is 90.8 cm³/mol. The Morgan fingerprint density at radius 1 is 1.32 bits per heavy atom. The molecule has 0 radical (unpaired) electrons. The van der Waals surface area contributed by atoms with Crippen LogP contribution in [0.4, 0.5) is 14.5 Å². The molecule has 0 spiro atoms. The van der Waals surface area contributed by atoms with Crippen molar-refractivity contribution in [2.24, 2.45) is 5.92 Å². The van der Waals surface area contributed by atoms with Crippen LogP contribution in [0, 0.1) is 17.6 Å². The van der Waals surface area contributed by atoms with E-state index in [2.05, 4.69) is 12.2 Å². The average Bonchev–Trinajstić information content (AvgIpc) is 2.98. The van der Waals surface area contributed by atoms with Crippen LogP contribution in [0.2, 0.25) is 0 Å². The van der Waals surface area contributed by atoms with Crippen molar-refractivity contribution in [3.05, 3.63) is 51.2 Å². The van der Waals surface area contributed by atoms with E-state index in [0.29, 0.717) is 16.9 Å². The standard InChI is InChI=1S/C18H17F2NO3S/c1-10-2-5-15-11(6-10)7-16(25-15)18(23)24-9-17(22)21-14-4-3-12(19)8-13(14)20/h3-4,7-8,10H,2,5-6,9H2,1H3,(H,21,22)/t10-/m0/s1. The fraction of sp³-hybridized carbons (Fsp3) is 0.333.